The van der Waals surface area contributed by atoms with E-state index < -0.39 is 0 Å². The van der Waals surface area contributed by atoms with E-state index in [0.717, 1.165) is 5.69 Å². The Labute approximate surface area is 71.6 Å². The smallest absolute Gasteiger partial charge is 0.319 e. The third-order valence-corrected chi connectivity index (χ3v) is 1.28. The zero-order valence-electron chi connectivity index (χ0n) is 7.50. The van der Waals surface area contributed by atoms with Crippen LogP contribution in [0.4, 0.5) is 0 Å². The van der Waals surface area contributed by atoms with Gasteiger partial charge in [-0.1, -0.05) is 0 Å². The van der Waals surface area contributed by atoms with Crippen LogP contribution in [0, 0.1) is 6.92 Å². The van der Waals surface area contributed by atoms with Crippen LogP contribution in [0.3, 0.4) is 0 Å². The van der Waals surface area contributed by atoms with Crippen molar-refractivity contribution in [2.75, 3.05) is 13.7 Å². The quantitative estimate of drug-likeness (QED) is 0.680. The highest BCUT2D eigenvalue weighted by molar-refractivity contribution is 5.17. The predicted molar refractivity (Wildman–Crippen MR) is 44.5 cm³/mol. The molecule has 0 spiro atoms. The molecule has 0 atom stereocenters. The van der Waals surface area contributed by atoms with Gasteiger partial charge in [-0.15, -0.1) is 0 Å². The van der Waals surface area contributed by atoms with Crippen molar-refractivity contribution in [3.8, 4) is 11.9 Å². The fourth-order valence-corrected chi connectivity index (χ4v) is 0.826. The van der Waals surface area contributed by atoms with Gasteiger partial charge in [0.1, 0.15) is 0 Å². The number of aryl methyl sites for hydroxylation is 1. The maximum Gasteiger partial charge on any atom is 0.319 e. The Morgan fingerprint density at radius 3 is 2.75 bits per heavy atom. The van der Waals surface area contributed by atoms with Crippen LogP contribution in [0.2, 0.25) is 0 Å². The van der Waals surface area contributed by atoms with E-state index in [1.54, 1.807) is 6.07 Å². The van der Waals surface area contributed by atoms with Crippen molar-refractivity contribution in [3.05, 3.63) is 11.8 Å². The number of hydrogen-bond acceptors (Lipinski definition) is 4. The normalized spacial score (nSPS) is 9.58. The highest BCUT2D eigenvalue weighted by Crippen LogP contribution is 2.12. The molecule has 1 heterocycles. The Bertz CT molecular complexity index is 263. The van der Waals surface area contributed by atoms with Gasteiger partial charge in [0.2, 0.25) is 5.88 Å². The lowest BCUT2D eigenvalue weighted by molar-refractivity contribution is 0.311. The van der Waals surface area contributed by atoms with E-state index in [1.807, 2.05) is 13.8 Å². The summed E-state index contributed by atoms with van der Waals surface area (Å²) in [4.78, 5) is 8.01. The Hall–Kier alpha value is -1.32. The van der Waals surface area contributed by atoms with E-state index in [9.17, 15) is 0 Å². The van der Waals surface area contributed by atoms with Crippen LogP contribution >= 0.6 is 0 Å². The van der Waals surface area contributed by atoms with Crippen molar-refractivity contribution in [2.24, 2.45) is 0 Å². The van der Waals surface area contributed by atoms with Crippen LogP contribution in [-0.4, -0.2) is 23.7 Å². The second-order valence-electron chi connectivity index (χ2n) is 2.27. The first kappa shape index (κ1) is 8.77. The molecule has 0 amide bonds. The molecule has 12 heavy (non-hydrogen) atoms. The Kier molecular flexibility index (Phi) is 2.85. The Morgan fingerprint density at radius 2 is 2.17 bits per heavy atom. The minimum atomic E-state index is 0.346. The summed E-state index contributed by atoms with van der Waals surface area (Å²) in [6.07, 6.45) is 0. The molecule has 0 unspecified atom stereocenters. The van der Waals surface area contributed by atoms with Gasteiger partial charge in [0, 0.05) is 11.8 Å². The van der Waals surface area contributed by atoms with E-state index in [1.165, 1.54) is 7.11 Å². The Balaban J connectivity index is 2.90. The van der Waals surface area contributed by atoms with Gasteiger partial charge in [-0.2, -0.15) is 4.98 Å². The monoisotopic (exact) mass is 168 g/mol. The van der Waals surface area contributed by atoms with Crippen molar-refractivity contribution in [1.29, 1.82) is 0 Å². The van der Waals surface area contributed by atoms with Gasteiger partial charge in [0.05, 0.1) is 13.7 Å². The second-order valence-corrected chi connectivity index (χ2v) is 2.27. The van der Waals surface area contributed by atoms with Crippen LogP contribution in [0.15, 0.2) is 6.07 Å². The summed E-state index contributed by atoms with van der Waals surface area (Å²) in [6.45, 7) is 4.37. The largest absolute Gasteiger partial charge is 0.478 e. The molecule has 0 aliphatic heterocycles. The maximum absolute atomic E-state index is 5.20. The summed E-state index contributed by atoms with van der Waals surface area (Å²) in [6, 6.07) is 2.12. The first-order valence-corrected chi connectivity index (χ1v) is 3.78. The van der Waals surface area contributed by atoms with Crippen molar-refractivity contribution >= 4 is 0 Å². The lowest BCUT2D eigenvalue weighted by atomic mass is 10.4. The molecule has 0 saturated heterocycles. The van der Waals surface area contributed by atoms with Crippen LogP contribution in [-0.2, 0) is 0 Å². The molecule has 0 aliphatic rings. The van der Waals surface area contributed by atoms with Crippen molar-refractivity contribution in [3.63, 3.8) is 0 Å². The number of hydrogen-bond donors (Lipinski definition) is 0. The third kappa shape index (κ3) is 2.08. The topological polar surface area (TPSA) is 44.2 Å². The lowest BCUT2D eigenvalue weighted by Gasteiger charge is -2.04. The van der Waals surface area contributed by atoms with Gasteiger partial charge in [-0.3, -0.25) is 0 Å². The molecule has 4 nitrogen and oxygen atoms in total. The number of aromatic nitrogens is 2. The average Bonchev–Trinajstić information content (AvgIpc) is 2.04. The predicted octanol–water partition coefficient (Wildman–Crippen LogP) is 1.19. The molecule has 66 valence electrons. The fraction of sp³-hybridized carbons (Fsp3) is 0.500. The van der Waals surface area contributed by atoms with Crippen LogP contribution in [0.5, 0.6) is 11.9 Å². The minimum Gasteiger partial charge on any atom is -0.478 e. The van der Waals surface area contributed by atoms with Gasteiger partial charge in [0.15, 0.2) is 0 Å². The van der Waals surface area contributed by atoms with Gasteiger partial charge in [0.25, 0.3) is 0 Å². The van der Waals surface area contributed by atoms with E-state index in [-0.39, 0.29) is 0 Å². The number of nitrogens with zero attached hydrogens (tertiary/aromatic N) is 2. The molecule has 1 rings (SSSR count). The zero-order chi connectivity index (χ0) is 8.97. The number of methoxy groups -OCH3 is 1. The molecule has 0 saturated carbocycles. The lowest BCUT2D eigenvalue weighted by Crippen LogP contribution is -1.99. The second kappa shape index (κ2) is 3.90. The standard InChI is InChI=1S/C8H12N2O2/c1-4-12-7-5-6(2)9-8(10-7)11-3/h5H,4H2,1-3H3. The summed E-state index contributed by atoms with van der Waals surface area (Å²) in [5.74, 6) is 0.557. The van der Waals surface area contributed by atoms with Crippen LogP contribution < -0.4 is 9.47 Å². The summed E-state index contributed by atoms with van der Waals surface area (Å²) < 4.78 is 10.1. The summed E-state index contributed by atoms with van der Waals surface area (Å²) in [5.41, 5.74) is 0.838. The summed E-state index contributed by atoms with van der Waals surface area (Å²) in [7, 11) is 1.53. The van der Waals surface area contributed by atoms with Gasteiger partial charge < -0.3 is 9.47 Å². The van der Waals surface area contributed by atoms with E-state index >= 15 is 0 Å². The van der Waals surface area contributed by atoms with E-state index in [2.05, 4.69) is 9.97 Å². The Morgan fingerprint density at radius 1 is 1.42 bits per heavy atom. The minimum absolute atomic E-state index is 0.346. The van der Waals surface area contributed by atoms with E-state index in [4.69, 9.17) is 9.47 Å². The summed E-state index contributed by atoms with van der Waals surface area (Å²) >= 11 is 0. The fourth-order valence-electron chi connectivity index (χ4n) is 0.826. The van der Waals surface area contributed by atoms with Gasteiger partial charge in [-0.05, 0) is 13.8 Å². The van der Waals surface area contributed by atoms with Crippen molar-refractivity contribution < 1.29 is 9.47 Å². The third-order valence-electron chi connectivity index (χ3n) is 1.28. The number of rotatable bonds is 3. The molecule has 0 aromatic carbocycles. The maximum atomic E-state index is 5.20. The van der Waals surface area contributed by atoms with Gasteiger partial charge in [-0.25, -0.2) is 4.98 Å². The SMILES string of the molecule is CCOc1cc(C)nc(OC)n1. The highest BCUT2D eigenvalue weighted by atomic mass is 16.5. The molecule has 0 bridgehead atoms. The molecule has 0 radical (unpaired) electrons. The molecule has 1 aromatic heterocycles. The molecular weight excluding hydrogens is 156 g/mol. The highest BCUT2D eigenvalue weighted by Gasteiger charge is 2.01. The molecule has 0 N–H and O–H groups in total. The number of ether oxygens (including phenoxy) is 2. The molecule has 0 aliphatic carbocycles. The van der Waals surface area contributed by atoms with Gasteiger partial charge >= 0.3 is 6.01 Å². The molecule has 0 fully saturated rings. The molecular formula is C8H12N2O2. The van der Waals surface area contributed by atoms with Crippen molar-refractivity contribution in [1.82, 2.24) is 9.97 Å². The first-order valence-electron chi connectivity index (χ1n) is 3.78. The van der Waals surface area contributed by atoms with Crippen LogP contribution in [0.25, 0.3) is 0 Å². The summed E-state index contributed by atoms with van der Waals surface area (Å²) in [5, 5.41) is 0. The molecule has 4 heteroatoms. The molecule has 1 aromatic rings. The zero-order valence-corrected chi connectivity index (χ0v) is 7.50. The first-order chi connectivity index (χ1) is 5.76. The van der Waals surface area contributed by atoms with Crippen molar-refractivity contribution in [2.45, 2.75) is 13.8 Å². The van der Waals surface area contributed by atoms with Crippen LogP contribution in [0.1, 0.15) is 12.6 Å². The average molecular weight is 168 g/mol. The van der Waals surface area contributed by atoms with E-state index in [0.29, 0.717) is 18.5 Å².